The first kappa shape index (κ1) is 77.6. The highest BCUT2D eigenvalue weighted by Crippen LogP contribution is 2.52. The number of fused-ring (bicyclic) bond motifs is 5. The van der Waals surface area contributed by atoms with Gasteiger partial charge in [0.05, 0.1) is 51.1 Å². The molecule has 0 saturated carbocycles. The molecule has 6 saturated heterocycles. The number of aryl methyl sites for hydroxylation is 1. The third-order valence-corrected chi connectivity index (χ3v) is 18.8. The Morgan fingerprint density at radius 3 is 1.47 bits per heavy atom. The number of H-pyrrole nitrogens is 1. The van der Waals surface area contributed by atoms with Crippen molar-refractivity contribution in [3.63, 3.8) is 0 Å². The van der Waals surface area contributed by atoms with Gasteiger partial charge in [-0.2, -0.15) is 8.42 Å². The summed E-state index contributed by atoms with van der Waals surface area (Å²) >= 11 is 17.9. The molecule has 528 valence electrons. The minimum Gasteiger partial charge on any atom is -0.385 e. The van der Waals surface area contributed by atoms with Gasteiger partial charge in [0.2, 0.25) is 0 Å². The van der Waals surface area contributed by atoms with Crippen LogP contribution in [0, 0.1) is 6.92 Å². The van der Waals surface area contributed by atoms with Crippen LogP contribution in [0.4, 0.5) is 0 Å². The third kappa shape index (κ3) is 17.5. The van der Waals surface area contributed by atoms with Crippen molar-refractivity contribution in [1.82, 2.24) is 44.0 Å². The Hall–Kier alpha value is -4.74. The molecule has 12 heterocycles. The second kappa shape index (κ2) is 30.4. The molecule has 0 aliphatic carbocycles. The molecule has 0 bridgehead atoms. The van der Waals surface area contributed by atoms with Crippen LogP contribution >= 0.6 is 34.8 Å². The van der Waals surface area contributed by atoms with E-state index in [1.165, 1.54) is 38.0 Å². The molecular weight excluding hydrogens is 1320 g/mol. The number of aromatic amines is 1. The van der Waals surface area contributed by atoms with Crippen LogP contribution in [0.25, 0.3) is 33.1 Å². The van der Waals surface area contributed by atoms with Crippen molar-refractivity contribution in [3.05, 3.63) is 101 Å². The van der Waals surface area contributed by atoms with Gasteiger partial charge in [-0.05, 0) is 139 Å². The molecule has 31 heteroatoms. The van der Waals surface area contributed by atoms with Gasteiger partial charge in [0.1, 0.15) is 98.2 Å². The smallest absolute Gasteiger partial charge is 0.294 e. The summed E-state index contributed by atoms with van der Waals surface area (Å²) in [4.78, 5) is 27.1. The van der Waals surface area contributed by atoms with Gasteiger partial charge in [0.25, 0.3) is 10.1 Å². The van der Waals surface area contributed by atoms with Gasteiger partial charge in [-0.3, -0.25) is 4.55 Å². The maximum absolute atomic E-state index is 10.5. The van der Waals surface area contributed by atoms with E-state index < -0.39 is 87.3 Å². The van der Waals surface area contributed by atoms with Crippen molar-refractivity contribution in [2.45, 2.75) is 255 Å². The maximum Gasteiger partial charge on any atom is 0.294 e. The van der Waals surface area contributed by atoms with E-state index in [0.29, 0.717) is 39.3 Å². The van der Waals surface area contributed by atoms with E-state index in [9.17, 15) is 34.0 Å². The Labute approximate surface area is 568 Å². The molecule has 95 heavy (non-hydrogen) atoms. The monoisotopic (exact) mass is 1410 g/mol. The Balaban J connectivity index is 0.000000162. The van der Waals surface area contributed by atoms with Crippen LogP contribution in [0.5, 0.6) is 0 Å². The molecule has 0 radical (unpaired) electrons. The quantitative estimate of drug-likeness (QED) is 0.0544. The summed E-state index contributed by atoms with van der Waals surface area (Å²) in [7, 11) is -2.31. The molecule has 1 unspecified atom stereocenters. The van der Waals surface area contributed by atoms with Crippen LogP contribution in [0.15, 0.2) is 84.9 Å². The first-order chi connectivity index (χ1) is 44.1. The number of aromatic nitrogens is 9. The number of aliphatic hydroxyl groups is 6. The lowest BCUT2D eigenvalue weighted by atomic mass is 9.93. The topological polar surface area (TPSA) is 362 Å². The molecule has 0 amide bonds. The van der Waals surface area contributed by atoms with E-state index in [1.807, 2.05) is 99.1 Å². The summed E-state index contributed by atoms with van der Waals surface area (Å²) < 4.78 is 84.2. The molecule has 1 aromatic carbocycles. The lowest BCUT2D eigenvalue weighted by molar-refractivity contribution is -0.227. The van der Waals surface area contributed by atoms with Gasteiger partial charge >= 0.3 is 0 Å². The molecule has 27 nitrogen and oxygen atoms in total. The molecule has 6 aliphatic heterocycles. The molecule has 6 aromatic heterocycles. The summed E-state index contributed by atoms with van der Waals surface area (Å²) in [6.07, 6.45) is 5.78. The van der Waals surface area contributed by atoms with E-state index >= 15 is 0 Å². The van der Waals surface area contributed by atoms with Gasteiger partial charge in [-0.1, -0.05) is 80.2 Å². The molecule has 0 spiro atoms. The predicted molar refractivity (Wildman–Crippen MR) is 353 cm³/mol. The van der Waals surface area contributed by atoms with Crippen LogP contribution in [0.1, 0.15) is 148 Å². The van der Waals surface area contributed by atoms with Crippen molar-refractivity contribution in [2.75, 3.05) is 7.11 Å². The SMILES string of the molecule is CC[C@H]1OC(O)[C@H](O)[C@]1(C)O.CC[C@H]1O[C@@H](n2ccc3c(Cl)ncnc32)[C@@H]2OC(C)(C)O[C@]12C.CC[C@H]1O[C@@H](n2ccc3c(Cl)ncnc32)[C@H](O)[C@]1(C)O.CC[C@H]1O[C@@H]2OC(C)(C)O[C@@H]2[C@]1(C)O.COC(C)(C)C.Cc1ccc(S(=O)(=O)O)cc1.Clc1ncnc2[nH]ccc12. The fourth-order valence-corrected chi connectivity index (χ4v) is 12.8. The average Bonchev–Trinajstić information content (AvgIpc) is 1.57. The Kier molecular flexibility index (Phi) is 24.8. The number of halogens is 3. The average molecular weight is 1410 g/mol. The largest absolute Gasteiger partial charge is 0.385 e. The number of ether oxygens (including phenoxy) is 9. The van der Waals surface area contributed by atoms with E-state index in [2.05, 4.69) is 48.7 Å². The highest BCUT2D eigenvalue weighted by Gasteiger charge is 2.64. The molecule has 13 rings (SSSR count). The number of hydrogen-bond acceptors (Lipinski definition) is 23. The lowest BCUT2D eigenvalue weighted by Crippen LogP contribution is -2.45. The number of rotatable bonds is 7. The van der Waals surface area contributed by atoms with Crippen molar-refractivity contribution in [3.8, 4) is 0 Å². The number of hydrogen-bond donors (Lipinski definition) is 8. The van der Waals surface area contributed by atoms with E-state index in [-0.39, 0.29) is 41.1 Å². The first-order valence-corrected chi connectivity index (χ1v) is 33.7. The first-order valence-electron chi connectivity index (χ1n) is 31.2. The fourth-order valence-electron chi connectivity index (χ4n) is 11.7. The predicted octanol–water partition coefficient (Wildman–Crippen LogP) is 9.34. The van der Waals surface area contributed by atoms with Crippen LogP contribution in [-0.2, 0) is 52.7 Å². The van der Waals surface area contributed by atoms with Crippen LogP contribution in [0.3, 0.4) is 0 Å². The molecule has 7 aromatic rings. The van der Waals surface area contributed by atoms with Gasteiger partial charge in [0.15, 0.2) is 36.6 Å². The van der Waals surface area contributed by atoms with E-state index in [0.717, 1.165) is 40.5 Å². The minimum atomic E-state index is -4.02. The van der Waals surface area contributed by atoms with Gasteiger partial charge in [0, 0.05) is 25.7 Å². The molecule has 6 aliphatic rings. The summed E-state index contributed by atoms with van der Waals surface area (Å²) in [6.45, 7) is 30.1. The zero-order valence-electron chi connectivity index (χ0n) is 56.5. The third-order valence-electron chi connectivity index (χ3n) is 17.1. The van der Waals surface area contributed by atoms with Gasteiger partial charge in [-0.25, -0.2) is 29.9 Å². The van der Waals surface area contributed by atoms with Crippen LogP contribution in [-0.4, -0.2) is 196 Å². The Morgan fingerprint density at radius 1 is 0.579 bits per heavy atom. The van der Waals surface area contributed by atoms with Crippen LogP contribution < -0.4 is 0 Å². The summed E-state index contributed by atoms with van der Waals surface area (Å²) in [5.41, 5.74) is -0.980. The standard InChI is InChI=1S/C16H20ClN3O3.C13H16ClN3O3.C10H18O4.C7H14O4.C7H8O3S.C6H4ClN3.C5H12O/c1-5-10-16(4)11(22-15(2,3)23-16)14(21-10)20-7-6-9-12(17)18-8-19-13(9)20;1-3-8-13(2,19)9(18)12(20-8)17-5-4-7-10(14)15-6-16-11(7)17;1-5-6-10(4,11)7-8(12-6)14-9(2,3)13-7;1-3-4-7(2,10)5(8)6(9)11-4;1-6-2-4-7(5-3-6)11(8,9)10;7-5-4-1-2-8-6(4)10-3-9-5;1-5(2,3)6-4/h6-8,10-11,14H,5H2,1-4H3;4-6,8-9,12,18-19H,3H2,1-2H3;6-8,11H,5H2,1-4H3;4-6,8-10H,3H2,1-2H3;2-5H,1H3,(H,8,9,10);1-3H,(H,8,9,10);1-4H3/t10-,11+,14-,16-;8-,9+,12-,13-;6-,7+,8-,10-;4-,5+,6?,7-;;;/m1111.../s1. The number of nitrogens with one attached hydrogen (secondary N) is 1. The van der Waals surface area contributed by atoms with Crippen molar-refractivity contribution < 1.29 is 86.2 Å². The summed E-state index contributed by atoms with van der Waals surface area (Å²) in [5, 5.41) is 62.3. The zero-order chi connectivity index (χ0) is 70.8. The lowest BCUT2D eigenvalue weighted by Gasteiger charge is -2.29. The van der Waals surface area contributed by atoms with Crippen molar-refractivity contribution >= 4 is 78.0 Å². The second-order valence-corrected chi connectivity index (χ2v) is 28.8. The number of aliphatic hydroxyl groups excluding tert-OH is 3. The molecule has 16 atom stereocenters. The second-order valence-electron chi connectivity index (χ2n) is 26.3. The number of methoxy groups -OCH3 is 1. The minimum absolute atomic E-state index is 0.0417. The van der Waals surface area contributed by atoms with Crippen molar-refractivity contribution in [2.24, 2.45) is 0 Å². The maximum atomic E-state index is 10.5. The zero-order valence-corrected chi connectivity index (χ0v) is 59.6. The normalized spacial score (nSPS) is 32.5. The van der Waals surface area contributed by atoms with Crippen LogP contribution in [0.2, 0.25) is 15.5 Å². The molecule has 6 fully saturated rings. The summed E-state index contributed by atoms with van der Waals surface area (Å²) in [5.74, 6) is -1.29. The highest BCUT2D eigenvalue weighted by molar-refractivity contribution is 7.85. The van der Waals surface area contributed by atoms with Gasteiger partial charge in [-0.15, -0.1) is 0 Å². The molecule has 8 N–H and O–H groups in total. The van der Waals surface area contributed by atoms with Crippen molar-refractivity contribution in [1.29, 1.82) is 0 Å². The summed E-state index contributed by atoms with van der Waals surface area (Å²) in [6, 6.07) is 11.5. The van der Waals surface area contributed by atoms with E-state index in [1.54, 1.807) is 56.1 Å². The Morgan fingerprint density at radius 2 is 1.03 bits per heavy atom. The Bertz CT molecular complexity index is 3780. The number of benzene rings is 1. The highest BCUT2D eigenvalue weighted by atomic mass is 35.5. The van der Waals surface area contributed by atoms with Gasteiger partial charge < -0.3 is 87.4 Å². The molecular formula is C64H92Cl3N9O18S. The number of nitrogens with zero attached hydrogens (tertiary/aromatic N) is 8. The van der Waals surface area contributed by atoms with E-state index in [4.69, 9.17) is 87.1 Å². The fraction of sp³-hybridized carbons (Fsp3) is 0.625.